The third kappa shape index (κ3) is 9.42. The number of hydrogen-bond acceptors (Lipinski definition) is 5. The molecular weight excluding hydrogens is 1270 g/mol. The summed E-state index contributed by atoms with van der Waals surface area (Å²) in [5, 5.41) is 5.87. The second-order valence-electron chi connectivity index (χ2n) is 31.8. The fraction of sp³-hybridized carbons (Fsp3) is 0.210. The summed E-state index contributed by atoms with van der Waals surface area (Å²) < 4.78 is 0. The number of para-hydroxylation sites is 1. The van der Waals surface area contributed by atoms with Crippen molar-refractivity contribution < 1.29 is 0 Å². The van der Waals surface area contributed by atoms with Crippen molar-refractivity contribution in [2.75, 3.05) is 9.80 Å². The fourth-order valence-corrected chi connectivity index (χ4v) is 23.3. The molecule has 15 aromatic rings. The SMILES string of the molecule is C.c1ccc(-c2ccc(N(c3ccc4c(c3)-c3ccccc3C43C4CC5CC(C4)CC3C5)c3cc4cccnc4c4ncccc34)cc2)cc1.c1ccc(-c2ccc(N(c3cccc4c3C3(c5ccccc5-4)C4CC5CC(C4)CC3C5)c3ccc(-c4ccnc5ccccc45)c4ccccc34)cc2)cc1. The topological polar surface area (TPSA) is 45.2 Å². The van der Waals surface area contributed by atoms with Crippen LogP contribution in [0.25, 0.3) is 99.1 Å². The van der Waals surface area contributed by atoms with Gasteiger partial charge in [-0.3, -0.25) is 15.0 Å². The lowest BCUT2D eigenvalue weighted by Crippen LogP contribution is -2.55. The molecule has 10 aliphatic carbocycles. The first kappa shape index (κ1) is 62.3. The van der Waals surface area contributed by atoms with E-state index in [-0.39, 0.29) is 18.3 Å². The lowest BCUT2D eigenvalue weighted by molar-refractivity contribution is -0.0399. The lowest BCUT2D eigenvalue weighted by atomic mass is 9.43. The molecule has 8 saturated carbocycles. The predicted molar refractivity (Wildman–Crippen MR) is 435 cm³/mol. The molecule has 12 aromatic carbocycles. The quantitative estimate of drug-likeness (QED) is 0.135. The summed E-state index contributed by atoms with van der Waals surface area (Å²) in [7, 11) is 0. The Labute approximate surface area is 616 Å². The lowest BCUT2D eigenvalue weighted by Gasteiger charge is -2.61. The van der Waals surface area contributed by atoms with E-state index in [1.807, 2.05) is 30.7 Å². The van der Waals surface area contributed by atoms with E-state index in [9.17, 15) is 0 Å². The third-order valence-electron chi connectivity index (χ3n) is 26.8. The molecule has 10 aliphatic rings. The Morgan fingerprint density at radius 1 is 0.267 bits per heavy atom. The van der Waals surface area contributed by atoms with Crippen LogP contribution in [0.3, 0.4) is 0 Å². The predicted octanol–water partition coefficient (Wildman–Crippen LogP) is 26.2. The van der Waals surface area contributed by atoms with Crippen molar-refractivity contribution in [3.05, 3.63) is 332 Å². The van der Waals surface area contributed by atoms with Gasteiger partial charge in [0.15, 0.2) is 0 Å². The van der Waals surface area contributed by atoms with Crippen LogP contribution in [-0.2, 0) is 10.8 Å². The molecule has 0 aliphatic heterocycles. The van der Waals surface area contributed by atoms with Crippen molar-refractivity contribution in [1.82, 2.24) is 15.0 Å². The van der Waals surface area contributed by atoms with E-state index in [0.717, 1.165) is 74.2 Å². The van der Waals surface area contributed by atoms with E-state index >= 15 is 0 Å². The van der Waals surface area contributed by atoms with E-state index in [0.29, 0.717) is 11.8 Å². The normalized spacial score (nSPS) is 23.4. The van der Waals surface area contributed by atoms with Gasteiger partial charge in [0.25, 0.3) is 0 Å². The van der Waals surface area contributed by atoms with Crippen LogP contribution in [0.4, 0.5) is 34.1 Å². The molecule has 0 N–H and O–H groups in total. The van der Waals surface area contributed by atoms with Crippen molar-refractivity contribution in [2.24, 2.45) is 47.3 Å². The number of pyridine rings is 3. The zero-order chi connectivity index (χ0) is 68.2. The number of aromatic nitrogens is 3. The summed E-state index contributed by atoms with van der Waals surface area (Å²) in [5.74, 6) is 6.49. The summed E-state index contributed by atoms with van der Waals surface area (Å²) in [6.07, 6.45) is 19.6. The smallest absolute Gasteiger partial charge is 0.0985 e. The number of nitrogens with zero attached hydrogens (tertiary/aromatic N) is 5. The van der Waals surface area contributed by atoms with E-state index in [1.54, 1.807) is 22.3 Å². The fourth-order valence-electron chi connectivity index (χ4n) is 23.3. The maximum absolute atomic E-state index is 4.89. The summed E-state index contributed by atoms with van der Waals surface area (Å²) in [6, 6.07) is 109. The molecule has 8 bridgehead atoms. The van der Waals surface area contributed by atoms with Gasteiger partial charge < -0.3 is 9.80 Å². The molecule has 0 amide bonds. The van der Waals surface area contributed by atoms with E-state index < -0.39 is 0 Å². The van der Waals surface area contributed by atoms with Crippen LogP contribution < -0.4 is 9.80 Å². The summed E-state index contributed by atoms with van der Waals surface area (Å²) >= 11 is 0. The summed E-state index contributed by atoms with van der Waals surface area (Å²) in [6.45, 7) is 0. The van der Waals surface area contributed by atoms with Gasteiger partial charge in [-0.2, -0.15) is 0 Å². The number of benzene rings is 12. The Balaban J connectivity index is 0.000000135. The average molecular weight is 1350 g/mol. The van der Waals surface area contributed by atoms with Gasteiger partial charge in [-0.05, 0) is 280 Å². The van der Waals surface area contributed by atoms with E-state index in [4.69, 9.17) is 15.0 Å². The molecule has 0 saturated heterocycles. The molecular formula is C100H83N5. The van der Waals surface area contributed by atoms with Gasteiger partial charge in [0.2, 0.25) is 0 Å². The first-order valence-electron chi connectivity index (χ1n) is 38.4. The number of rotatable bonds is 9. The van der Waals surface area contributed by atoms with Crippen LogP contribution in [-0.4, -0.2) is 15.0 Å². The third-order valence-corrected chi connectivity index (χ3v) is 26.8. The highest BCUT2D eigenvalue weighted by molar-refractivity contribution is 6.13. The van der Waals surface area contributed by atoms with Gasteiger partial charge in [0, 0.05) is 68.0 Å². The number of fused-ring (bicyclic) bond motifs is 11. The molecule has 105 heavy (non-hydrogen) atoms. The van der Waals surface area contributed by atoms with Crippen molar-refractivity contribution >= 4 is 77.6 Å². The monoisotopic (exact) mass is 1350 g/mol. The summed E-state index contributed by atoms with van der Waals surface area (Å²) in [4.78, 5) is 19.5. The van der Waals surface area contributed by atoms with Crippen LogP contribution in [0.15, 0.2) is 310 Å². The van der Waals surface area contributed by atoms with Crippen LogP contribution in [0.1, 0.15) is 93.9 Å². The second kappa shape index (κ2) is 24.4. The highest BCUT2D eigenvalue weighted by Crippen LogP contribution is 2.72. The number of hydrogen-bond donors (Lipinski definition) is 0. The minimum absolute atomic E-state index is 0. The van der Waals surface area contributed by atoms with E-state index in [2.05, 4.69) is 289 Å². The molecule has 3 aromatic heterocycles. The standard InChI is InChI=1S/C53H42N2.C46H37N3.CH4/c1-2-11-36(12-3-1)37-21-23-40(24-22-37)55(50-26-25-42(41-13-4-5-16-46(41)50)43-27-28-54-49-19-9-7-15-45(43)49)51-20-10-17-47-44-14-6-8-18-48(44)53(52(47)51)38-30-34-29-35(32-38)33-39(53)31-34;1-2-8-31(9-3-1)32-14-16-36(17-15-32)49(43-27-33-10-6-20-47-44(33)45-39(43)12-7-21-48-45)37-18-19-42-40(28-37)38-11-4-5-13-41(38)46(42)34-23-29-22-30(25-34)26-35(46)24-29;/h1-28,34-35,38-39H,29-33H2;1-21,27-30,34-35H,22-26H2;1H4. The van der Waals surface area contributed by atoms with Gasteiger partial charge >= 0.3 is 0 Å². The highest BCUT2D eigenvalue weighted by atomic mass is 15.2. The second-order valence-corrected chi connectivity index (χ2v) is 31.8. The largest absolute Gasteiger partial charge is 0.310 e. The maximum atomic E-state index is 4.89. The first-order valence-corrected chi connectivity index (χ1v) is 38.4. The Kier molecular flexibility index (Phi) is 14.5. The molecule has 5 nitrogen and oxygen atoms in total. The van der Waals surface area contributed by atoms with Gasteiger partial charge in [-0.25, -0.2) is 0 Å². The molecule has 0 radical (unpaired) electrons. The Morgan fingerprint density at radius 3 is 1.41 bits per heavy atom. The molecule has 0 unspecified atom stereocenters. The molecule has 3 heterocycles. The minimum Gasteiger partial charge on any atom is -0.310 e. The zero-order valence-corrected chi connectivity index (χ0v) is 58.4. The van der Waals surface area contributed by atoms with Gasteiger partial charge in [0.1, 0.15) is 0 Å². The first-order chi connectivity index (χ1) is 51.5. The molecule has 0 atom stereocenters. The van der Waals surface area contributed by atoms with Crippen LogP contribution in [0.5, 0.6) is 0 Å². The van der Waals surface area contributed by atoms with Crippen LogP contribution in [0.2, 0.25) is 0 Å². The molecule has 5 heteroatoms. The zero-order valence-electron chi connectivity index (χ0n) is 58.4. The maximum Gasteiger partial charge on any atom is 0.0985 e. The summed E-state index contributed by atoms with van der Waals surface area (Å²) in [5.41, 5.74) is 29.7. The molecule has 508 valence electrons. The average Bonchev–Trinajstić information content (AvgIpc) is 1.55. The Bertz CT molecular complexity index is 5860. The molecule has 8 fully saturated rings. The van der Waals surface area contributed by atoms with Gasteiger partial charge in [-0.15, -0.1) is 0 Å². The Hall–Kier alpha value is -11.3. The van der Waals surface area contributed by atoms with Crippen molar-refractivity contribution in [2.45, 2.75) is 82.5 Å². The highest BCUT2D eigenvalue weighted by Gasteiger charge is 2.64. The van der Waals surface area contributed by atoms with Crippen molar-refractivity contribution in [1.29, 1.82) is 0 Å². The van der Waals surface area contributed by atoms with Crippen molar-refractivity contribution in [3.63, 3.8) is 0 Å². The van der Waals surface area contributed by atoms with Crippen LogP contribution in [0, 0.1) is 47.3 Å². The van der Waals surface area contributed by atoms with Gasteiger partial charge in [-0.1, -0.05) is 214 Å². The molecule has 2 spiro atoms. The van der Waals surface area contributed by atoms with Gasteiger partial charge in [0.05, 0.1) is 33.6 Å². The number of anilines is 6. The van der Waals surface area contributed by atoms with Crippen molar-refractivity contribution in [3.8, 4) is 55.6 Å². The molecule has 25 rings (SSSR count). The minimum atomic E-state index is 0. The van der Waals surface area contributed by atoms with E-state index in [1.165, 1.54) is 159 Å². The van der Waals surface area contributed by atoms with Crippen LogP contribution >= 0.6 is 0 Å². The Morgan fingerprint density at radius 2 is 0.752 bits per heavy atom.